The fourth-order valence-electron chi connectivity index (χ4n) is 2.02. The molecule has 0 amide bonds. The van der Waals surface area contributed by atoms with Crippen molar-refractivity contribution in [3.05, 3.63) is 29.7 Å². The first kappa shape index (κ1) is 11.4. The van der Waals surface area contributed by atoms with E-state index in [0.29, 0.717) is 10.9 Å². The van der Waals surface area contributed by atoms with E-state index in [4.69, 9.17) is 9.84 Å². The van der Waals surface area contributed by atoms with Crippen LogP contribution in [0.25, 0.3) is 10.9 Å². The van der Waals surface area contributed by atoms with Gasteiger partial charge in [-0.1, -0.05) is 0 Å². The highest BCUT2D eigenvalue weighted by Crippen LogP contribution is 2.32. The number of rotatable bonds is 3. The topological polar surface area (TPSA) is 51.5 Å². The average Bonchev–Trinajstić information content (AvgIpc) is 2.55. The van der Waals surface area contributed by atoms with Crippen LogP contribution in [-0.2, 0) is 18.3 Å². The number of ether oxygens (including phenoxy) is 1. The predicted molar refractivity (Wildman–Crippen MR) is 60.8 cm³/mol. The van der Waals surface area contributed by atoms with Crippen LogP contribution in [0.15, 0.2) is 18.3 Å². The van der Waals surface area contributed by atoms with E-state index in [2.05, 4.69) is 0 Å². The number of carboxylic acids is 1. The SMILES string of the molecule is COc1c(F)ccc2c1c(CC(=O)O)cn2C. The van der Waals surface area contributed by atoms with E-state index >= 15 is 0 Å². The number of aromatic nitrogens is 1. The zero-order valence-electron chi connectivity index (χ0n) is 9.53. The molecule has 0 aliphatic rings. The van der Waals surface area contributed by atoms with Crippen LogP contribution in [0.5, 0.6) is 5.75 Å². The first-order valence-corrected chi connectivity index (χ1v) is 5.06. The Morgan fingerprint density at radius 3 is 2.82 bits per heavy atom. The van der Waals surface area contributed by atoms with E-state index in [0.717, 1.165) is 5.52 Å². The van der Waals surface area contributed by atoms with Gasteiger partial charge >= 0.3 is 5.97 Å². The first-order valence-electron chi connectivity index (χ1n) is 5.06. The number of hydrogen-bond acceptors (Lipinski definition) is 2. The predicted octanol–water partition coefficient (Wildman–Crippen LogP) is 1.95. The lowest BCUT2D eigenvalue weighted by Gasteiger charge is -2.05. The molecule has 90 valence electrons. The summed E-state index contributed by atoms with van der Waals surface area (Å²) in [5, 5.41) is 9.35. The number of nitrogens with zero attached hydrogens (tertiary/aromatic N) is 1. The van der Waals surface area contributed by atoms with Crippen LogP contribution in [0.2, 0.25) is 0 Å². The molecule has 2 aromatic rings. The Bertz CT molecular complexity index is 589. The third-order valence-corrected chi connectivity index (χ3v) is 2.68. The molecule has 0 saturated heterocycles. The van der Waals surface area contributed by atoms with Gasteiger partial charge in [-0.2, -0.15) is 0 Å². The van der Waals surface area contributed by atoms with Gasteiger partial charge in [0.05, 0.1) is 19.0 Å². The van der Waals surface area contributed by atoms with Gasteiger partial charge in [0.15, 0.2) is 11.6 Å². The molecule has 1 aromatic heterocycles. The summed E-state index contributed by atoms with van der Waals surface area (Å²) in [5.74, 6) is -1.35. The number of methoxy groups -OCH3 is 1. The molecular weight excluding hydrogens is 225 g/mol. The second kappa shape index (κ2) is 4.08. The summed E-state index contributed by atoms with van der Waals surface area (Å²) in [6.07, 6.45) is 1.53. The van der Waals surface area contributed by atoms with Gasteiger partial charge in [-0.3, -0.25) is 4.79 Å². The van der Waals surface area contributed by atoms with Gasteiger partial charge in [0, 0.05) is 18.6 Å². The molecule has 0 fully saturated rings. The van der Waals surface area contributed by atoms with Crippen LogP contribution in [0.1, 0.15) is 5.56 Å². The number of carboxylic acid groups (broad SMARTS) is 1. The Labute approximate surface area is 97.2 Å². The van der Waals surface area contributed by atoms with Crippen molar-refractivity contribution in [2.45, 2.75) is 6.42 Å². The van der Waals surface area contributed by atoms with Gasteiger partial charge in [-0.15, -0.1) is 0 Å². The van der Waals surface area contributed by atoms with E-state index in [1.54, 1.807) is 23.9 Å². The second-order valence-electron chi connectivity index (χ2n) is 3.81. The van der Waals surface area contributed by atoms with Gasteiger partial charge in [0.25, 0.3) is 0 Å². The Morgan fingerprint density at radius 1 is 1.53 bits per heavy atom. The van der Waals surface area contributed by atoms with Crippen molar-refractivity contribution in [2.75, 3.05) is 7.11 Å². The summed E-state index contributed by atoms with van der Waals surface area (Å²) in [4.78, 5) is 10.8. The molecule has 0 spiro atoms. The van der Waals surface area contributed by atoms with Crippen LogP contribution in [0, 0.1) is 5.82 Å². The maximum atomic E-state index is 13.6. The average molecular weight is 237 g/mol. The van der Waals surface area contributed by atoms with Crippen LogP contribution in [0.4, 0.5) is 4.39 Å². The van der Waals surface area contributed by atoms with Crippen molar-refractivity contribution in [3.8, 4) is 5.75 Å². The number of aliphatic carboxylic acids is 1. The molecule has 0 unspecified atom stereocenters. The van der Waals surface area contributed by atoms with E-state index in [9.17, 15) is 9.18 Å². The van der Waals surface area contributed by atoms with Crippen LogP contribution < -0.4 is 4.74 Å². The number of benzene rings is 1. The maximum Gasteiger partial charge on any atom is 0.307 e. The zero-order valence-corrected chi connectivity index (χ0v) is 9.53. The van der Waals surface area contributed by atoms with Crippen LogP contribution >= 0.6 is 0 Å². The number of fused-ring (bicyclic) bond motifs is 1. The molecule has 1 aromatic carbocycles. The number of carbonyl (C=O) groups is 1. The molecule has 1 heterocycles. The molecular formula is C12H12FNO3. The summed E-state index contributed by atoms with van der Waals surface area (Å²) in [6, 6.07) is 2.92. The van der Waals surface area contributed by atoms with Gasteiger partial charge in [-0.05, 0) is 17.7 Å². The lowest BCUT2D eigenvalue weighted by molar-refractivity contribution is -0.136. The van der Waals surface area contributed by atoms with Crippen molar-refractivity contribution in [1.82, 2.24) is 4.57 Å². The molecule has 5 heteroatoms. The van der Waals surface area contributed by atoms with Crippen molar-refractivity contribution >= 4 is 16.9 Å². The van der Waals surface area contributed by atoms with E-state index in [1.165, 1.54) is 13.2 Å². The second-order valence-corrected chi connectivity index (χ2v) is 3.81. The van der Waals surface area contributed by atoms with E-state index < -0.39 is 11.8 Å². The monoisotopic (exact) mass is 237 g/mol. The third-order valence-electron chi connectivity index (χ3n) is 2.68. The normalized spacial score (nSPS) is 10.8. The summed E-state index contributed by atoms with van der Waals surface area (Å²) < 4.78 is 20.3. The van der Waals surface area contributed by atoms with E-state index in [1.807, 2.05) is 0 Å². The Balaban J connectivity index is 2.76. The van der Waals surface area contributed by atoms with Gasteiger partial charge in [0.1, 0.15) is 0 Å². The Kier molecular flexibility index (Phi) is 2.75. The van der Waals surface area contributed by atoms with Crippen LogP contribution in [-0.4, -0.2) is 22.8 Å². The van der Waals surface area contributed by atoms with Gasteiger partial charge < -0.3 is 14.4 Å². The lowest BCUT2D eigenvalue weighted by Crippen LogP contribution is -2.00. The molecule has 0 bridgehead atoms. The number of halogens is 1. The Morgan fingerprint density at radius 2 is 2.24 bits per heavy atom. The highest BCUT2D eigenvalue weighted by Gasteiger charge is 2.17. The zero-order chi connectivity index (χ0) is 12.6. The molecule has 4 nitrogen and oxygen atoms in total. The summed E-state index contributed by atoms with van der Waals surface area (Å²) >= 11 is 0. The molecule has 17 heavy (non-hydrogen) atoms. The summed E-state index contributed by atoms with van der Waals surface area (Å²) in [5.41, 5.74) is 1.30. The molecule has 0 atom stereocenters. The molecule has 0 aliphatic heterocycles. The fraction of sp³-hybridized carbons (Fsp3) is 0.250. The highest BCUT2D eigenvalue weighted by atomic mass is 19.1. The fourth-order valence-corrected chi connectivity index (χ4v) is 2.02. The lowest BCUT2D eigenvalue weighted by atomic mass is 10.1. The van der Waals surface area contributed by atoms with Gasteiger partial charge in [-0.25, -0.2) is 4.39 Å². The molecule has 2 rings (SSSR count). The Hall–Kier alpha value is -2.04. The molecule has 0 saturated carbocycles. The molecule has 0 radical (unpaired) electrons. The number of aryl methyl sites for hydroxylation is 1. The van der Waals surface area contributed by atoms with Crippen molar-refractivity contribution in [2.24, 2.45) is 7.05 Å². The third kappa shape index (κ3) is 1.84. The quantitative estimate of drug-likeness (QED) is 0.887. The summed E-state index contributed by atoms with van der Waals surface area (Å²) in [7, 11) is 3.15. The van der Waals surface area contributed by atoms with Crippen molar-refractivity contribution < 1.29 is 19.0 Å². The van der Waals surface area contributed by atoms with Gasteiger partial charge in [0.2, 0.25) is 0 Å². The smallest absolute Gasteiger partial charge is 0.307 e. The van der Waals surface area contributed by atoms with Crippen molar-refractivity contribution in [1.29, 1.82) is 0 Å². The molecule has 1 N–H and O–H groups in total. The largest absolute Gasteiger partial charge is 0.493 e. The number of hydrogen-bond donors (Lipinski definition) is 1. The highest BCUT2D eigenvalue weighted by molar-refractivity contribution is 5.92. The van der Waals surface area contributed by atoms with Crippen LogP contribution in [0.3, 0.4) is 0 Å². The van der Waals surface area contributed by atoms with Crippen molar-refractivity contribution in [3.63, 3.8) is 0 Å². The van der Waals surface area contributed by atoms with E-state index in [-0.39, 0.29) is 12.2 Å². The minimum atomic E-state index is -0.955. The summed E-state index contributed by atoms with van der Waals surface area (Å²) in [6.45, 7) is 0. The maximum absolute atomic E-state index is 13.6. The molecule has 0 aliphatic carbocycles. The minimum absolute atomic E-state index is 0.0966. The first-order chi connectivity index (χ1) is 8.04. The standard InChI is InChI=1S/C12H12FNO3/c1-14-6-7(5-10(15)16)11-9(14)4-3-8(13)12(11)17-2/h3-4,6H,5H2,1-2H3,(H,15,16). The minimum Gasteiger partial charge on any atom is -0.493 e.